The van der Waals surface area contributed by atoms with E-state index >= 15 is 0 Å². The molecule has 1 fully saturated rings. The molecule has 0 unspecified atom stereocenters. The lowest BCUT2D eigenvalue weighted by atomic mass is 9.90. The highest BCUT2D eigenvalue weighted by Gasteiger charge is 2.27. The normalized spacial score (nSPS) is 23.8. The first-order chi connectivity index (χ1) is 8.24. The van der Waals surface area contributed by atoms with Crippen LogP contribution in [0, 0.1) is 0 Å². The van der Waals surface area contributed by atoms with Crippen molar-refractivity contribution in [1.29, 1.82) is 0 Å². The van der Waals surface area contributed by atoms with E-state index in [2.05, 4.69) is 4.98 Å². The Balaban J connectivity index is 1.76. The van der Waals surface area contributed by atoms with Crippen LogP contribution in [0.4, 0.5) is 5.82 Å². The molecule has 17 heavy (non-hydrogen) atoms. The van der Waals surface area contributed by atoms with Crippen molar-refractivity contribution in [2.75, 3.05) is 5.73 Å². The maximum absolute atomic E-state index is 5.92. The van der Waals surface area contributed by atoms with E-state index in [1.807, 2.05) is 22.7 Å². The Morgan fingerprint density at radius 2 is 2.29 bits per heavy atom. The van der Waals surface area contributed by atoms with Gasteiger partial charge in [-0.15, -0.1) is 0 Å². The molecule has 1 aliphatic rings. The van der Waals surface area contributed by atoms with Crippen molar-refractivity contribution in [3.63, 3.8) is 0 Å². The molecule has 0 aromatic carbocycles. The molecular formula is C12H16N4O. The molecular weight excluding hydrogens is 216 g/mol. The number of pyridine rings is 1. The van der Waals surface area contributed by atoms with Gasteiger partial charge < -0.3 is 16.2 Å². The number of imidazole rings is 1. The van der Waals surface area contributed by atoms with Crippen molar-refractivity contribution in [3.05, 3.63) is 30.1 Å². The van der Waals surface area contributed by atoms with Crippen molar-refractivity contribution in [3.8, 4) is 0 Å². The standard InChI is InChI=1S/C12H16N4O/c13-9-1-2-10(9)17-7-8-5-11(14)16-4-3-15-12(16)6-8/h3-6,9-10H,1-2,7,13-14H2/t9-,10-/m1/s1. The predicted molar refractivity (Wildman–Crippen MR) is 65.4 cm³/mol. The average molecular weight is 232 g/mol. The first kappa shape index (κ1) is 10.6. The fourth-order valence-electron chi connectivity index (χ4n) is 2.10. The minimum absolute atomic E-state index is 0.197. The number of anilines is 1. The molecule has 2 aromatic rings. The van der Waals surface area contributed by atoms with Crippen LogP contribution < -0.4 is 11.5 Å². The smallest absolute Gasteiger partial charge is 0.138 e. The van der Waals surface area contributed by atoms with Crippen LogP contribution in [0.2, 0.25) is 0 Å². The van der Waals surface area contributed by atoms with Crippen molar-refractivity contribution in [1.82, 2.24) is 9.38 Å². The van der Waals surface area contributed by atoms with Crippen LogP contribution in [0.25, 0.3) is 5.65 Å². The molecule has 4 N–H and O–H groups in total. The van der Waals surface area contributed by atoms with Gasteiger partial charge in [-0.25, -0.2) is 4.98 Å². The summed E-state index contributed by atoms with van der Waals surface area (Å²) in [7, 11) is 0. The van der Waals surface area contributed by atoms with Gasteiger partial charge in [0.25, 0.3) is 0 Å². The second kappa shape index (κ2) is 4.01. The first-order valence-electron chi connectivity index (χ1n) is 5.83. The number of nitrogen functional groups attached to an aromatic ring is 1. The Morgan fingerprint density at radius 1 is 1.41 bits per heavy atom. The summed E-state index contributed by atoms with van der Waals surface area (Å²) in [6, 6.07) is 4.10. The second-order valence-corrected chi connectivity index (χ2v) is 4.53. The third-order valence-corrected chi connectivity index (χ3v) is 3.32. The Bertz CT molecular complexity index is 536. The largest absolute Gasteiger partial charge is 0.385 e. The number of hydrogen-bond donors (Lipinski definition) is 2. The molecule has 2 aromatic heterocycles. The minimum atomic E-state index is 0.197. The number of ether oxygens (including phenoxy) is 1. The van der Waals surface area contributed by atoms with Gasteiger partial charge in [-0.3, -0.25) is 4.40 Å². The van der Waals surface area contributed by atoms with Crippen molar-refractivity contribution < 1.29 is 4.74 Å². The lowest BCUT2D eigenvalue weighted by Gasteiger charge is -2.33. The molecule has 0 spiro atoms. The van der Waals surface area contributed by atoms with Gasteiger partial charge in [0, 0.05) is 18.4 Å². The summed E-state index contributed by atoms with van der Waals surface area (Å²) in [5.74, 6) is 0.677. The van der Waals surface area contributed by atoms with Gasteiger partial charge in [0.2, 0.25) is 0 Å². The zero-order valence-corrected chi connectivity index (χ0v) is 9.54. The lowest BCUT2D eigenvalue weighted by molar-refractivity contribution is -0.0245. The van der Waals surface area contributed by atoms with Gasteiger partial charge in [-0.05, 0) is 30.5 Å². The third-order valence-electron chi connectivity index (χ3n) is 3.32. The minimum Gasteiger partial charge on any atom is -0.385 e. The van der Waals surface area contributed by atoms with E-state index in [9.17, 15) is 0 Å². The molecule has 0 saturated heterocycles. The summed E-state index contributed by atoms with van der Waals surface area (Å²) in [5, 5.41) is 0. The fraction of sp³-hybridized carbons (Fsp3) is 0.417. The number of fused-ring (bicyclic) bond motifs is 1. The molecule has 0 bridgehead atoms. The van der Waals surface area contributed by atoms with E-state index < -0.39 is 0 Å². The van der Waals surface area contributed by atoms with Gasteiger partial charge in [0.15, 0.2) is 0 Å². The van der Waals surface area contributed by atoms with E-state index in [-0.39, 0.29) is 12.1 Å². The Labute approximate surface area is 99.4 Å². The molecule has 5 nitrogen and oxygen atoms in total. The highest BCUT2D eigenvalue weighted by Crippen LogP contribution is 2.23. The maximum atomic E-state index is 5.92. The van der Waals surface area contributed by atoms with Gasteiger partial charge in [0.1, 0.15) is 11.5 Å². The molecule has 0 aliphatic heterocycles. The van der Waals surface area contributed by atoms with E-state index in [0.29, 0.717) is 12.4 Å². The number of aromatic nitrogens is 2. The van der Waals surface area contributed by atoms with Crippen molar-refractivity contribution in [2.24, 2.45) is 5.73 Å². The molecule has 2 atom stereocenters. The van der Waals surface area contributed by atoms with Crippen LogP contribution in [-0.4, -0.2) is 21.5 Å². The van der Waals surface area contributed by atoms with Crippen LogP contribution >= 0.6 is 0 Å². The van der Waals surface area contributed by atoms with Crippen LogP contribution in [0.15, 0.2) is 24.5 Å². The zero-order chi connectivity index (χ0) is 11.8. The van der Waals surface area contributed by atoms with Crippen LogP contribution in [0.1, 0.15) is 18.4 Å². The summed E-state index contributed by atoms with van der Waals surface area (Å²) in [6.07, 6.45) is 5.90. The van der Waals surface area contributed by atoms with Gasteiger partial charge >= 0.3 is 0 Å². The zero-order valence-electron chi connectivity index (χ0n) is 9.54. The highest BCUT2D eigenvalue weighted by atomic mass is 16.5. The molecule has 5 heteroatoms. The molecule has 3 rings (SSSR count). The van der Waals surface area contributed by atoms with E-state index in [0.717, 1.165) is 24.1 Å². The van der Waals surface area contributed by atoms with Crippen LogP contribution in [0.3, 0.4) is 0 Å². The lowest BCUT2D eigenvalue weighted by Crippen LogP contribution is -2.45. The van der Waals surface area contributed by atoms with Gasteiger partial charge in [-0.1, -0.05) is 0 Å². The Morgan fingerprint density at radius 3 is 3.00 bits per heavy atom. The highest BCUT2D eigenvalue weighted by molar-refractivity contribution is 5.50. The fourth-order valence-corrected chi connectivity index (χ4v) is 2.10. The topological polar surface area (TPSA) is 78.6 Å². The first-order valence-corrected chi connectivity index (χ1v) is 5.83. The van der Waals surface area contributed by atoms with Crippen molar-refractivity contribution >= 4 is 11.5 Å². The summed E-state index contributed by atoms with van der Waals surface area (Å²) in [5.41, 5.74) is 13.6. The second-order valence-electron chi connectivity index (χ2n) is 4.53. The number of nitrogens with two attached hydrogens (primary N) is 2. The molecule has 0 radical (unpaired) electrons. The summed E-state index contributed by atoms with van der Waals surface area (Å²) in [6.45, 7) is 0.548. The van der Waals surface area contributed by atoms with Crippen LogP contribution in [0.5, 0.6) is 0 Å². The summed E-state index contributed by atoms with van der Waals surface area (Å²) < 4.78 is 7.58. The number of nitrogens with zero attached hydrogens (tertiary/aromatic N) is 2. The Hall–Kier alpha value is -1.59. The quantitative estimate of drug-likeness (QED) is 0.825. The predicted octanol–water partition coefficient (Wildman–Crippen LogP) is 0.923. The maximum Gasteiger partial charge on any atom is 0.138 e. The molecule has 1 aliphatic carbocycles. The van der Waals surface area contributed by atoms with E-state index in [1.54, 1.807) is 6.20 Å². The molecule has 2 heterocycles. The molecule has 1 saturated carbocycles. The average Bonchev–Trinajstić information content (AvgIpc) is 2.76. The van der Waals surface area contributed by atoms with Gasteiger partial charge in [-0.2, -0.15) is 0 Å². The van der Waals surface area contributed by atoms with E-state index in [1.165, 1.54) is 0 Å². The van der Waals surface area contributed by atoms with E-state index in [4.69, 9.17) is 16.2 Å². The van der Waals surface area contributed by atoms with Crippen molar-refractivity contribution in [2.45, 2.75) is 31.6 Å². The molecule has 90 valence electrons. The third kappa shape index (κ3) is 1.87. The number of rotatable bonds is 3. The Kier molecular flexibility index (Phi) is 2.49. The summed E-state index contributed by atoms with van der Waals surface area (Å²) in [4.78, 5) is 4.22. The monoisotopic (exact) mass is 232 g/mol. The van der Waals surface area contributed by atoms with Gasteiger partial charge in [0.05, 0.1) is 12.7 Å². The number of hydrogen-bond acceptors (Lipinski definition) is 4. The SMILES string of the molecule is Nc1cc(CO[C@@H]2CC[C@H]2N)cc2nccn12. The summed E-state index contributed by atoms with van der Waals surface area (Å²) >= 11 is 0. The van der Waals surface area contributed by atoms with Crippen LogP contribution in [-0.2, 0) is 11.3 Å². The molecule has 0 amide bonds.